The van der Waals surface area contributed by atoms with Gasteiger partial charge in [-0.2, -0.15) is 0 Å². The Morgan fingerprint density at radius 2 is 1.67 bits per heavy atom. The van der Waals surface area contributed by atoms with Crippen LogP contribution in [0.1, 0.15) is 79.6 Å². The smallest absolute Gasteiger partial charge is 0.142 e. The molecule has 0 amide bonds. The monoisotopic (exact) mass is 330 g/mol. The maximum absolute atomic E-state index is 12.5. The highest BCUT2D eigenvalue weighted by atomic mass is 16.3. The number of carbonyl (C=O) groups excluding carboxylic acids is 1. The van der Waals surface area contributed by atoms with Crippen LogP contribution in [-0.2, 0) is 4.79 Å². The Kier molecular flexibility index (Phi) is 3.33. The number of ketones is 1. The van der Waals surface area contributed by atoms with E-state index in [4.69, 9.17) is 0 Å². The van der Waals surface area contributed by atoms with Crippen molar-refractivity contribution in [1.82, 2.24) is 0 Å². The third kappa shape index (κ3) is 1.84. The molecule has 6 atom stereocenters. The first kappa shape index (κ1) is 16.8. The highest BCUT2D eigenvalue weighted by molar-refractivity contribution is 5.89. The second-order valence-electron chi connectivity index (χ2n) is 10.5. The Hall–Kier alpha value is -0.630. The van der Waals surface area contributed by atoms with Gasteiger partial charge in [-0.1, -0.05) is 25.5 Å². The molecule has 0 aromatic carbocycles. The summed E-state index contributed by atoms with van der Waals surface area (Å²) in [5.41, 5.74) is 0.919. The van der Waals surface area contributed by atoms with Crippen molar-refractivity contribution >= 4 is 5.78 Å². The lowest BCUT2D eigenvalue weighted by atomic mass is 9.44. The summed E-state index contributed by atoms with van der Waals surface area (Å²) in [6.45, 7) is 11.1. The molecule has 0 aromatic heterocycles. The van der Waals surface area contributed by atoms with Crippen LogP contribution in [0.3, 0.4) is 0 Å². The van der Waals surface area contributed by atoms with Gasteiger partial charge in [-0.3, -0.25) is 4.79 Å². The molecular weight excluding hydrogens is 296 g/mol. The molecule has 0 aromatic rings. The van der Waals surface area contributed by atoms with Gasteiger partial charge in [0.1, 0.15) is 5.78 Å². The van der Waals surface area contributed by atoms with Crippen LogP contribution in [0.25, 0.3) is 0 Å². The van der Waals surface area contributed by atoms with Crippen molar-refractivity contribution in [2.45, 2.75) is 85.2 Å². The molecule has 0 aliphatic heterocycles. The molecule has 0 heterocycles. The number of aliphatic hydroxyl groups is 1. The first-order chi connectivity index (χ1) is 11.0. The second kappa shape index (κ2) is 4.75. The number of fused-ring (bicyclic) bond motifs is 5. The van der Waals surface area contributed by atoms with Gasteiger partial charge in [0.15, 0.2) is 0 Å². The highest BCUT2D eigenvalue weighted by Crippen LogP contribution is 2.68. The van der Waals surface area contributed by atoms with E-state index >= 15 is 0 Å². The van der Waals surface area contributed by atoms with E-state index in [0.29, 0.717) is 23.5 Å². The van der Waals surface area contributed by atoms with E-state index in [1.54, 1.807) is 0 Å². The maximum Gasteiger partial charge on any atom is 0.142 e. The van der Waals surface area contributed by atoms with Crippen molar-refractivity contribution in [1.29, 1.82) is 0 Å². The van der Waals surface area contributed by atoms with Crippen LogP contribution in [0, 0.1) is 34.0 Å². The van der Waals surface area contributed by atoms with Crippen LogP contribution >= 0.6 is 0 Å². The lowest BCUT2D eigenvalue weighted by Crippen LogP contribution is -2.55. The lowest BCUT2D eigenvalue weighted by Gasteiger charge is -2.60. The fraction of sp³-hybridized carbons (Fsp3) is 0.864. The average molecular weight is 331 g/mol. The summed E-state index contributed by atoms with van der Waals surface area (Å²) in [4.78, 5) is 12.5. The molecule has 6 unspecified atom stereocenters. The van der Waals surface area contributed by atoms with E-state index in [-0.39, 0.29) is 16.2 Å². The molecular formula is C22H34O2. The van der Waals surface area contributed by atoms with Crippen LogP contribution in [0.2, 0.25) is 0 Å². The van der Waals surface area contributed by atoms with E-state index in [1.807, 2.05) is 0 Å². The van der Waals surface area contributed by atoms with Crippen molar-refractivity contribution in [2.75, 3.05) is 0 Å². The minimum Gasteiger partial charge on any atom is -0.390 e. The van der Waals surface area contributed by atoms with Gasteiger partial charge in [-0.05, 0) is 87.9 Å². The number of hydrogen-bond donors (Lipinski definition) is 1. The van der Waals surface area contributed by atoms with Crippen molar-refractivity contribution in [3.8, 4) is 0 Å². The van der Waals surface area contributed by atoms with E-state index in [2.05, 4.69) is 40.7 Å². The Bertz CT molecular complexity index is 613. The van der Waals surface area contributed by atoms with Crippen LogP contribution in [0.15, 0.2) is 11.6 Å². The number of hydrogen-bond acceptors (Lipinski definition) is 2. The van der Waals surface area contributed by atoms with E-state index in [0.717, 1.165) is 32.1 Å². The summed E-state index contributed by atoms with van der Waals surface area (Å²) in [6, 6.07) is 0. The van der Waals surface area contributed by atoms with Crippen LogP contribution < -0.4 is 0 Å². The Morgan fingerprint density at radius 3 is 2.38 bits per heavy atom. The number of carbonyl (C=O) groups is 1. The van der Waals surface area contributed by atoms with Crippen LogP contribution in [0.4, 0.5) is 0 Å². The SMILES string of the molecule is CC1(C)C(=O)CCC2(C)C1=CCC1C2CCC2(C)C1CCC2(C)O. The quantitative estimate of drug-likeness (QED) is 0.641. The average Bonchev–Trinajstić information content (AvgIpc) is 2.74. The molecule has 0 spiro atoms. The summed E-state index contributed by atoms with van der Waals surface area (Å²) in [5, 5.41) is 11.0. The lowest BCUT2D eigenvalue weighted by molar-refractivity contribution is -0.135. The van der Waals surface area contributed by atoms with Crippen molar-refractivity contribution in [2.24, 2.45) is 34.0 Å². The van der Waals surface area contributed by atoms with E-state index in [1.165, 1.54) is 18.4 Å². The number of Topliss-reactive ketones (excluding diaryl/α,β-unsaturated/α-hetero) is 1. The third-order valence-electron chi connectivity index (χ3n) is 9.27. The predicted molar refractivity (Wildman–Crippen MR) is 96.5 cm³/mol. The fourth-order valence-electron chi connectivity index (χ4n) is 7.46. The van der Waals surface area contributed by atoms with Crippen LogP contribution in [0.5, 0.6) is 0 Å². The molecule has 3 saturated carbocycles. The van der Waals surface area contributed by atoms with Gasteiger partial charge in [0.2, 0.25) is 0 Å². The molecule has 1 N–H and O–H groups in total. The minimum atomic E-state index is -0.505. The van der Waals surface area contributed by atoms with Gasteiger partial charge in [0, 0.05) is 11.8 Å². The topological polar surface area (TPSA) is 37.3 Å². The van der Waals surface area contributed by atoms with Crippen molar-refractivity contribution in [3.05, 3.63) is 11.6 Å². The first-order valence-electron chi connectivity index (χ1n) is 10.0. The van der Waals surface area contributed by atoms with Gasteiger partial charge in [-0.25, -0.2) is 0 Å². The maximum atomic E-state index is 12.5. The second-order valence-corrected chi connectivity index (χ2v) is 10.5. The molecule has 2 heteroatoms. The predicted octanol–water partition coefficient (Wildman–Crippen LogP) is 4.91. The molecule has 0 radical (unpaired) electrons. The van der Waals surface area contributed by atoms with Crippen molar-refractivity contribution < 1.29 is 9.90 Å². The van der Waals surface area contributed by atoms with Crippen molar-refractivity contribution in [3.63, 3.8) is 0 Å². The van der Waals surface area contributed by atoms with Gasteiger partial charge >= 0.3 is 0 Å². The molecule has 3 fully saturated rings. The zero-order valence-corrected chi connectivity index (χ0v) is 16.1. The summed E-state index contributed by atoms with van der Waals surface area (Å²) < 4.78 is 0. The molecule has 0 bridgehead atoms. The van der Waals surface area contributed by atoms with Crippen LogP contribution in [-0.4, -0.2) is 16.5 Å². The normalized spacial score (nSPS) is 53.0. The molecule has 4 rings (SSSR count). The van der Waals surface area contributed by atoms with E-state index < -0.39 is 5.60 Å². The Balaban J connectivity index is 1.75. The zero-order valence-electron chi connectivity index (χ0n) is 16.1. The Labute approximate surface area is 147 Å². The molecule has 4 aliphatic rings. The first-order valence-corrected chi connectivity index (χ1v) is 10.0. The largest absolute Gasteiger partial charge is 0.390 e. The third-order valence-corrected chi connectivity index (χ3v) is 9.27. The highest BCUT2D eigenvalue weighted by Gasteiger charge is 2.63. The number of allylic oxidation sites excluding steroid dienone is 2. The Morgan fingerprint density at radius 1 is 1.00 bits per heavy atom. The van der Waals surface area contributed by atoms with Gasteiger partial charge in [0.05, 0.1) is 5.60 Å². The molecule has 24 heavy (non-hydrogen) atoms. The summed E-state index contributed by atoms with van der Waals surface area (Å²) in [7, 11) is 0. The molecule has 0 saturated heterocycles. The van der Waals surface area contributed by atoms with Gasteiger partial charge < -0.3 is 5.11 Å². The summed E-state index contributed by atoms with van der Waals surface area (Å²) in [5.74, 6) is 2.45. The van der Waals surface area contributed by atoms with E-state index in [9.17, 15) is 9.90 Å². The minimum absolute atomic E-state index is 0.0792. The zero-order chi connectivity index (χ0) is 17.5. The molecule has 2 nitrogen and oxygen atoms in total. The summed E-state index contributed by atoms with van der Waals surface area (Å²) in [6.07, 6.45) is 9.81. The molecule has 134 valence electrons. The summed E-state index contributed by atoms with van der Waals surface area (Å²) >= 11 is 0. The van der Waals surface area contributed by atoms with Gasteiger partial charge in [-0.15, -0.1) is 0 Å². The number of rotatable bonds is 0. The molecule has 4 aliphatic carbocycles. The fourth-order valence-corrected chi connectivity index (χ4v) is 7.46. The van der Waals surface area contributed by atoms with Gasteiger partial charge in [0.25, 0.3) is 0 Å². The standard InChI is InChI=1S/C22H34O2/c1-19(2)17-7-6-14-15(20(17,3)11-10-18(19)23)8-12-21(4)16(14)9-13-22(21,5)24/h7,14-16,24H,6,8-13H2,1-5H3.